The molecule has 2 nitrogen and oxygen atoms in total. The minimum absolute atomic E-state index is 0.0769. The van der Waals surface area contributed by atoms with Gasteiger partial charge in [-0.3, -0.25) is 0 Å². The number of benzene rings is 2. The van der Waals surface area contributed by atoms with E-state index in [0.29, 0.717) is 0 Å². The summed E-state index contributed by atoms with van der Waals surface area (Å²) in [6, 6.07) is 15.3. The van der Waals surface area contributed by atoms with Crippen LogP contribution in [0.15, 0.2) is 48.5 Å². The molecule has 0 aromatic heterocycles. The predicted molar refractivity (Wildman–Crippen MR) is 72.8 cm³/mol. The molecule has 2 aromatic carbocycles. The van der Waals surface area contributed by atoms with E-state index in [1.54, 1.807) is 12.1 Å². The molecule has 1 unspecified atom stereocenters. The standard InChI is InChI=1S/C16H18O2/c1-12-5-2-3-8-16(12)14(11-17)9-13-6-4-7-15(18)10-13/h2-8,10,14,17-18H,9,11H2,1H3. The van der Waals surface area contributed by atoms with Crippen molar-refractivity contribution < 1.29 is 10.2 Å². The third-order valence-electron chi connectivity index (χ3n) is 3.24. The topological polar surface area (TPSA) is 40.5 Å². The molecule has 0 spiro atoms. The molecule has 0 aliphatic carbocycles. The van der Waals surface area contributed by atoms with Crippen molar-refractivity contribution in [3.05, 3.63) is 65.2 Å². The Kier molecular flexibility index (Phi) is 4.00. The van der Waals surface area contributed by atoms with Crippen molar-refractivity contribution in [2.75, 3.05) is 6.61 Å². The molecule has 0 aliphatic rings. The normalized spacial score (nSPS) is 12.3. The fraction of sp³-hybridized carbons (Fsp3) is 0.250. The zero-order chi connectivity index (χ0) is 13.0. The Bertz CT molecular complexity index is 520. The lowest BCUT2D eigenvalue weighted by Gasteiger charge is -2.17. The minimum atomic E-state index is 0.0769. The van der Waals surface area contributed by atoms with Gasteiger partial charge in [-0.05, 0) is 42.2 Å². The van der Waals surface area contributed by atoms with Crippen LogP contribution in [-0.4, -0.2) is 16.8 Å². The second-order valence-corrected chi connectivity index (χ2v) is 4.61. The summed E-state index contributed by atoms with van der Waals surface area (Å²) in [4.78, 5) is 0. The summed E-state index contributed by atoms with van der Waals surface area (Å²) in [5.74, 6) is 0.349. The summed E-state index contributed by atoms with van der Waals surface area (Å²) in [7, 11) is 0. The van der Waals surface area contributed by atoms with Crippen molar-refractivity contribution in [3.63, 3.8) is 0 Å². The van der Waals surface area contributed by atoms with Gasteiger partial charge in [0.2, 0.25) is 0 Å². The molecule has 0 radical (unpaired) electrons. The lowest BCUT2D eigenvalue weighted by Crippen LogP contribution is -2.09. The van der Waals surface area contributed by atoms with Gasteiger partial charge >= 0.3 is 0 Å². The van der Waals surface area contributed by atoms with Crippen LogP contribution in [0.2, 0.25) is 0 Å². The predicted octanol–water partition coefficient (Wildman–Crippen LogP) is 3.02. The first-order valence-electron chi connectivity index (χ1n) is 6.15. The minimum Gasteiger partial charge on any atom is -0.508 e. The number of aromatic hydroxyl groups is 1. The number of aliphatic hydroxyl groups is 1. The lowest BCUT2D eigenvalue weighted by molar-refractivity contribution is 0.264. The SMILES string of the molecule is Cc1ccccc1C(CO)Cc1cccc(O)c1. The van der Waals surface area contributed by atoms with Crippen LogP contribution in [0.5, 0.6) is 5.75 Å². The number of hydrogen-bond acceptors (Lipinski definition) is 2. The van der Waals surface area contributed by atoms with Gasteiger partial charge in [-0.2, -0.15) is 0 Å². The van der Waals surface area contributed by atoms with E-state index in [0.717, 1.165) is 12.0 Å². The molecular weight excluding hydrogens is 224 g/mol. The molecule has 18 heavy (non-hydrogen) atoms. The van der Waals surface area contributed by atoms with Crippen LogP contribution in [0.3, 0.4) is 0 Å². The summed E-state index contributed by atoms with van der Waals surface area (Å²) in [6.07, 6.45) is 0.732. The summed E-state index contributed by atoms with van der Waals surface area (Å²) < 4.78 is 0. The first-order chi connectivity index (χ1) is 8.70. The van der Waals surface area contributed by atoms with E-state index in [1.165, 1.54) is 11.1 Å². The highest BCUT2D eigenvalue weighted by atomic mass is 16.3. The first-order valence-corrected chi connectivity index (χ1v) is 6.15. The largest absolute Gasteiger partial charge is 0.508 e. The number of rotatable bonds is 4. The summed E-state index contributed by atoms with van der Waals surface area (Å²) in [5.41, 5.74) is 3.40. The number of phenols is 1. The van der Waals surface area contributed by atoms with E-state index >= 15 is 0 Å². The van der Waals surface area contributed by atoms with E-state index in [9.17, 15) is 10.2 Å². The monoisotopic (exact) mass is 242 g/mol. The van der Waals surface area contributed by atoms with E-state index in [1.807, 2.05) is 24.3 Å². The third-order valence-corrected chi connectivity index (χ3v) is 3.24. The average Bonchev–Trinajstić information content (AvgIpc) is 2.37. The van der Waals surface area contributed by atoms with Gasteiger partial charge in [0.15, 0.2) is 0 Å². The van der Waals surface area contributed by atoms with Gasteiger partial charge < -0.3 is 10.2 Å². The Balaban J connectivity index is 2.23. The van der Waals surface area contributed by atoms with Gasteiger partial charge in [0.25, 0.3) is 0 Å². The molecule has 0 bridgehead atoms. The second kappa shape index (κ2) is 5.69. The van der Waals surface area contributed by atoms with Crippen molar-refractivity contribution in [1.29, 1.82) is 0 Å². The van der Waals surface area contributed by atoms with Crippen LogP contribution in [0.4, 0.5) is 0 Å². The highest BCUT2D eigenvalue weighted by Gasteiger charge is 2.13. The number of aliphatic hydroxyl groups excluding tert-OH is 1. The average molecular weight is 242 g/mol. The maximum Gasteiger partial charge on any atom is 0.115 e. The van der Waals surface area contributed by atoms with Crippen molar-refractivity contribution in [3.8, 4) is 5.75 Å². The van der Waals surface area contributed by atoms with E-state index in [-0.39, 0.29) is 18.3 Å². The molecular formula is C16H18O2. The maximum atomic E-state index is 9.57. The number of hydrogen-bond donors (Lipinski definition) is 2. The molecule has 2 N–H and O–H groups in total. The second-order valence-electron chi connectivity index (χ2n) is 4.61. The third kappa shape index (κ3) is 2.90. The van der Waals surface area contributed by atoms with Gasteiger partial charge in [-0.15, -0.1) is 0 Å². The van der Waals surface area contributed by atoms with Crippen LogP contribution in [0.25, 0.3) is 0 Å². The highest BCUT2D eigenvalue weighted by Crippen LogP contribution is 2.24. The van der Waals surface area contributed by atoms with E-state index < -0.39 is 0 Å². The Morgan fingerprint density at radius 2 is 1.83 bits per heavy atom. The van der Waals surface area contributed by atoms with Gasteiger partial charge in [0.05, 0.1) is 6.61 Å². The molecule has 0 heterocycles. The Morgan fingerprint density at radius 3 is 2.50 bits per heavy atom. The summed E-state index contributed by atoms with van der Waals surface area (Å²) in [5, 5.41) is 19.0. The molecule has 0 fully saturated rings. The zero-order valence-corrected chi connectivity index (χ0v) is 10.5. The van der Waals surface area contributed by atoms with Crippen LogP contribution in [0.1, 0.15) is 22.6 Å². The first kappa shape index (κ1) is 12.7. The van der Waals surface area contributed by atoms with Gasteiger partial charge in [0.1, 0.15) is 5.75 Å². The summed E-state index contributed by atoms with van der Waals surface area (Å²) >= 11 is 0. The maximum absolute atomic E-state index is 9.57. The van der Waals surface area contributed by atoms with Crippen LogP contribution in [-0.2, 0) is 6.42 Å². The van der Waals surface area contributed by atoms with Crippen LogP contribution >= 0.6 is 0 Å². The zero-order valence-electron chi connectivity index (χ0n) is 10.5. The molecule has 0 amide bonds. The molecule has 2 heteroatoms. The number of aryl methyl sites for hydroxylation is 1. The fourth-order valence-electron chi connectivity index (χ4n) is 2.29. The van der Waals surface area contributed by atoms with Crippen molar-refractivity contribution >= 4 is 0 Å². The van der Waals surface area contributed by atoms with Gasteiger partial charge in [-0.1, -0.05) is 36.4 Å². The van der Waals surface area contributed by atoms with Crippen LogP contribution in [0, 0.1) is 6.92 Å². The quantitative estimate of drug-likeness (QED) is 0.865. The van der Waals surface area contributed by atoms with Crippen LogP contribution < -0.4 is 0 Å². The van der Waals surface area contributed by atoms with E-state index in [4.69, 9.17) is 0 Å². The summed E-state index contributed by atoms with van der Waals surface area (Å²) in [6.45, 7) is 2.17. The Labute approximate surface area is 108 Å². The molecule has 0 saturated carbocycles. The lowest BCUT2D eigenvalue weighted by atomic mass is 9.90. The van der Waals surface area contributed by atoms with Crippen molar-refractivity contribution in [2.45, 2.75) is 19.3 Å². The van der Waals surface area contributed by atoms with Gasteiger partial charge in [-0.25, -0.2) is 0 Å². The molecule has 2 aromatic rings. The molecule has 0 saturated heterocycles. The van der Waals surface area contributed by atoms with Crippen molar-refractivity contribution in [2.24, 2.45) is 0 Å². The number of phenolic OH excluding ortho intramolecular Hbond substituents is 1. The smallest absolute Gasteiger partial charge is 0.115 e. The van der Waals surface area contributed by atoms with Gasteiger partial charge in [0, 0.05) is 5.92 Å². The fourth-order valence-corrected chi connectivity index (χ4v) is 2.29. The van der Waals surface area contributed by atoms with E-state index in [2.05, 4.69) is 19.1 Å². The molecule has 94 valence electrons. The Morgan fingerprint density at radius 1 is 1.06 bits per heavy atom. The molecule has 1 atom stereocenters. The van der Waals surface area contributed by atoms with Crippen molar-refractivity contribution in [1.82, 2.24) is 0 Å². The molecule has 0 aliphatic heterocycles. The Hall–Kier alpha value is -1.80. The highest BCUT2D eigenvalue weighted by molar-refractivity contribution is 5.33. The molecule has 2 rings (SSSR count).